The van der Waals surface area contributed by atoms with Gasteiger partial charge in [-0.15, -0.1) is 0 Å². The van der Waals surface area contributed by atoms with Gasteiger partial charge in [0.1, 0.15) is 0 Å². The molecule has 2 nitrogen and oxygen atoms in total. The first-order chi connectivity index (χ1) is 6.42. The molecule has 0 bridgehead atoms. The summed E-state index contributed by atoms with van der Waals surface area (Å²) < 4.78 is 0. The van der Waals surface area contributed by atoms with Crippen molar-refractivity contribution in [3.05, 3.63) is 35.4 Å². The van der Waals surface area contributed by atoms with Crippen molar-refractivity contribution in [1.29, 1.82) is 5.26 Å². The maximum Gasteiger partial charge on any atom is 0.0995 e. The third-order valence-corrected chi connectivity index (χ3v) is 2.52. The number of hydrogen-bond acceptors (Lipinski definition) is 2. The van der Waals surface area contributed by atoms with E-state index >= 15 is 0 Å². The van der Waals surface area contributed by atoms with E-state index in [1.807, 2.05) is 24.3 Å². The summed E-state index contributed by atoms with van der Waals surface area (Å²) in [7, 11) is 0. The Balaban J connectivity index is 2.33. The van der Waals surface area contributed by atoms with Gasteiger partial charge in [-0.1, -0.05) is 18.2 Å². The summed E-state index contributed by atoms with van der Waals surface area (Å²) in [6.07, 6.45) is 2.36. The summed E-state index contributed by atoms with van der Waals surface area (Å²) >= 11 is 0. The first kappa shape index (κ1) is 8.28. The fraction of sp³-hybridized carbons (Fsp3) is 0.364. The summed E-state index contributed by atoms with van der Waals surface area (Å²) in [5.74, 6) is 0. The summed E-state index contributed by atoms with van der Waals surface area (Å²) in [4.78, 5) is 0. The smallest absolute Gasteiger partial charge is 0.0995 e. The van der Waals surface area contributed by atoms with Crippen LogP contribution in [0.25, 0.3) is 0 Å². The van der Waals surface area contributed by atoms with Gasteiger partial charge in [0.25, 0.3) is 0 Å². The molecule has 2 heteroatoms. The molecule has 2 rings (SSSR count). The number of nitrogens with zero attached hydrogens (tertiary/aromatic N) is 1. The molecule has 1 aromatic rings. The lowest BCUT2D eigenvalue weighted by molar-refractivity contribution is 0.646. The fourth-order valence-electron chi connectivity index (χ4n) is 1.85. The SMILES string of the molecule is N#Cc1ccccc1C1CCCN1. The van der Waals surface area contributed by atoms with Crippen molar-refractivity contribution >= 4 is 0 Å². The minimum absolute atomic E-state index is 0.399. The lowest BCUT2D eigenvalue weighted by atomic mass is 10.0. The van der Waals surface area contributed by atoms with E-state index in [0.29, 0.717) is 6.04 Å². The molecule has 1 fully saturated rings. The molecule has 13 heavy (non-hydrogen) atoms. The van der Waals surface area contributed by atoms with Gasteiger partial charge < -0.3 is 5.32 Å². The quantitative estimate of drug-likeness (QED) is 0.703. The average Bonchev–Trinajstić information content (AvgIpc) is 2.70. The van der Waals surface area contributed by atoms with Gasteiger partial charge in [-0.25, -0.2) is 0 Å². The highest BCUT2D eigenvalue weighted by Crippen LogP contribution is 2.25. The molecule has 1 N–H and O–H groups in total. The van der Waals surface area contributed by atoms with E-state index in [4.69, 9.17) is 5.26 Å². The number of nitrogens with one attached hydrogen (secondary N) is 1. The zero-order valence-electron chi connectivity index (χ0n) is 7.46. The van der Waals surface area contributed by atoms with Crippen LogP contribution in [0.3, 0.4) is 0 Å². The first-order valence-electron chi connectivity index (χ1n) is 4.64. The maximum atomic E-state index is 8.90. The maximum absolute atomic E-state index is 8.90. The molecule has 1 saturated heterocycles. The van der Waals surface area contributed by atoms with Crippen molar-refractivity contribution in [2.45, 2.75) is 18.9 Å². The van der Waals surface area contributed by atoms with E-state index in [1.165, 1.54) is 6.42 Å². The molecule has 1 aliphatic rings. The highest BCUT2D eigenvalue weighted by atomic mass is 14.9. The largest absolute Gasteiger partial charge is 0.310 e. The van der Waals surface area contributed by atoms with Crippen LogP contribution in [0.4, 0.5) is 0 Å². The number of nitriles is 1. The average molecular weight is 172 g/mol. The van der Waals surface area contributed by atoms with Gasteiger partial charge >= 0.3 is 0 Å². The standard InChI is InChI=1S/C11H12N2/c12-8-9-4-1-2-5-10(9)11-6-3-7-13-11/h1-2,4-5,11,13H,3,6-7H2. The lowest BCUT2D eigenvalue weighted by Crippen LogP contribution is -2.13. The van der Waals surface area contributed by atoms with E-state index < -0.39 is 0 Å². The molecule has 66 valence electrons. The Morgan fingerprint density at radius 3 is 2.92 bits per heavy atom. The molecular formula is C11H12N2. The van der Waals surface area contributed by atoms with E-state index in [2.05, 4.69) is 11.4 Å². The molecule has 0 radical (unpaired) electrons. The zero-order valence-corrected chi connectivity index (χ0v) is 7.46. The van der Waals surface area contributed by atoms with Crippen LogP contribution in [0.15, 0.2) is 24.3 Å². The van der Waals surface area contributed by atoms with Crippen LogP contribution >= 0.6 is 0 Å². The molecule has 0 saturated carbocycles. The van der Waals surface area contributed by atoms with Crippen molar-refractivity contribution in [2.24, 2.45) is 0 Å². The number of hydrogen-bond donors (Lipinski definition) is 1. The molecule has 0 aliphatic carbocycles. The van der Waals surface area contributed by atoms with E-state index in [9.17, 15) is 0 Å². The molecule has 1 atom stereocenters. The van der Waals surface area contributed by atoms with Gasteiger partial charge in [-0.3, -0.25) is 0 Å². The Morgan fingerprint density at radius 2 is 2.23 bits per heavy atom. The van der Waals surface area contributed by atoms with Crippen molar-refractivity contribution in [2.75, 3.05) is 6.54 Å². The van der Waals surface area contributed by atoms with Gasteiger partial charge in [0.2, 0.25) is 0 Å². The Bertz CT molecular complexity index is 332. The monoisotopic (exact) mass is 172 g/mol. The Labute approximate surface area is 78.2 Å². The second-order valence-corrected chi connectivity index (χ2v) is 3.35. The predicted octanol–water partition coefficient (Wildman–Crippen LogP) is 1.98. The van der Waals surface area contributed by atoms with Crippen LogP contribution in [0, 0.1) is 11.3 Å². The Hall–Kier alpha value is -1.33. The van der Waals surface area contributed by atoms with Crippen LogP contribution in [-0.2, 0) is 0 Å². The molecule has 0 spiro atoms. The highest BCUT2D eigenvalue weighted by Gasteiger charge is 2.18. The lowest BCUT2D eigenvalue weighted by Gasteiger charge is -2.11. The Kier molecular flexibility index (Phi) is 2.29. The molecule has 1 aromatic carbocycles. The van der Waals surface area contributed by atoms with Crippen LogP contribution < -0.4 is 5.32 Å². The number of benzene rings is 1. The second kappa shape index (κ2) is 3.59. The highest BCUT2D eigenvalue weighted by molar-refractivity contribution is 5.39. The molecule has 1 heterocycles. The van der Waals surface area contributed by atoms with Crippen molar-refractivity contribution in [3.63, 3.8) is 0 Å². The van der Waals surface area contributed by atoms with Crippen LogP contribution in [0.5, 0.6) is 0 Å². The van der Waals surface area contributed by atoms with E-state index in [0.717, 1.165) is 24.1 Å². The van der Waals surface area contributed by atoms with Crippen LogP contribution in [0.2, 0.25) is 0 Å². The molecular weight excluding hydrogens is 160 g/mol. The van der Waals surface area contributed by atoms with Crippen molar-refractivity contribution < 1.29 is 0 Å². The molecule has 1 aliphatic heterocycles. The topological polar surface area (TPSA) is 35.8 Å². The number of rotatable bonds is 1. The summed E-state index contributed by atoms with van der Waals surface area (Å²) in [5, 5.41) is 12.3. The van der Waals surface area contributed by atoms with Gasteiger partial charge in [-0.05, 0) is 31.0 Å². The first-order valence-corrected chi connectivity index (χ1v) is 4.64. The molecule has 1 unspecified atom stereocenters. The van der Waals surface area contributed by atoms with Gasteiger partial charge in [0.05, 0.1) is 11.6 Å². The van der Waals surface area contributed by atoms with Crippen LogP contribution in [-0.4, -0.2) is 6.54 Å². The van der Waals surface area contributed by atoms with Crippen molar-refractivity contribution in [3.8, 4) is 6.07 Å². The van der Waals surface area contributed by atoms with E-state index in [1.54, 1.807) is 0 Å². The van der Waals surface area contributed by atoms with Crippen LogP contribution in [0.1, 0.15) is 30.0 Å². The Morgan fingerprint density at radius 1 is 1.38 bits per heavy atom. The van der Waals surface area contributed by atoms with Gasteiger partial charge in [0, 0.05) is 6.04 Å². The third kappa shape index (κ3) is 1.56. The summed E-state index contributed by atoms with van der Waals surface area (Å²) in [5.41, 5.74) is 1.96. The van der Waals surface area contributed by atoms with E-state index in [-0.39, 0.29) is 0 Å². The fourth-order valence-corrected chi connectivity index (χ4v) is 1.85. The predicted molar refractivity (Wildman–Crippen MR) is 51.1 cm³/mol. The summed E-state index contributed by atoms with van der Waals surface area (Å²) in [6.45, 7) is 1.07. The zero-order chi connectivity index (χ0) is 9.10. The van der Waals surface area contributed by atoms with Gasteiger partial charge in [0.15, 0.2) is 0 Å². The summed E-state index contributed by atoms with van der Waals surface area (Å²) in [6, 6.07) is 10.5. The minimum atomic E-state index is 0.399. The normalized spacial score (nSPS) is 21.3. The molecule has 0 amide bonds. The van der Waals surface area contributed by atoms with Crippen molar-refractivity contribution in [1.82, 2.24) is 5.32 Å². The second-order valence-electron chi connectivity index (χ2n) is 3.35. The third-order valence-electron chi connectivity index (χ3n) is 2.52. The van der Waals surface area contributed by atoms with Gasteiger partial charge in [-0.2, -0.15) is 5.26 Å². The molecule has 0 aromatic heterocycles. The minimum Gasteiger partial charge on any atom is -0.310 e.